The zero-order valence-corrected chi connectivity index (χ0v) is 9.39. The quantitative estimate of drug-likeness (QED) is 0.651. The van der Waals surface area contributed by atoms with Gasteiger partial charge in [-0.2, -0.15) is 0 Å². The van der Waals surface area contributed by atoms with Crippen LogP contribution in [0.5, 0.6) is 0 Å². The first-order valence-corrected chi connectivity index (χ1v) is 5.59. The van der Waals surface area contributed by atoms with Gasteiger partial charge in [-0.15, -0.1) is 11.6 Å². The van der Waals surface area contributed by atoms with E-state index in [2.05, 4.69) is 19.0 Å². The van der Waals surface area contributed by atoms with Gasteiger partial charge < -0.3 is 9.64 Å². The van der Waals surface area contributed by atoms with Crippen molar-refractivity contribution in [2.45, 2.75) is 25.3 Å². The molecule has 0 spiro atoms. The summed E-state index contributed by atoms with van der Waals surface area (Å²) in [7, 11) is 4.29. The lowest BCUT2D eigenvalue weighted by Crippen LogP contribution is -2.38. The Morgan fingerprint density at radius 3 is 2.46 bits per heavy atom. The molecule has 13 heavy (non-hydrogen) atoms. The predicted octanol–water partition coefficient (Wildman–Crippen LogP) is 1.97. The molecule has 3 heteroatoms. The van der Waals surface area contributed by atoms with Crippen molar-refractivity contribution >= 4 is 11.6 Å². The van der Waals surface area contributed by atoms with E-state index in [1.807, 2.05) is 0 Å². The van der Waals surface area contributed by atoms with Gasteiger partial charge >= 0.3 is 0 Å². The molecule has 1 atom stereocenters. The summed E-state index contributed by atoms with van der Waals surface area (Å²) in [6.07, 6.45) is 3.48. The fourth-order valence-electron chi connectivity index (χ4n) is 2.13. The molecule has 0 saturated carbocycles. The molecule has 1 saturated heterocycles. The van der Waals surface area contributed by atoms with Gasteiger partial charge in [0.1, 0.15) is 0 Å². The molecule has 1 aliphatic heterocycles. The maximum Gasteiger partial charge on any atom is 0.0469 e. The molecule has 0 aromatic rings. The van der Waals surface area contributed by atoms with Gasteiger partial charge in [-0.05, 0) is 39.3 Å². The highest BCUT2D eigenvalue weighted by Gasteiger charge is 2.24. The van der Waals surface area contributed by atoms with E-state index in [9.17, 15) is 0 Å². The molecule has 0 N–H and O–H groups in total. The van der Waals surface area contributed by atoms with Gasteiger partial charge in [-0.1, -0.05) is 0 Å². The number of hydrogen-bond acceptors (Lipinski definition) is 2. The van der Waals surface area contributed by atoms with Crippen LogP contribution in [0.15, 0.2) is 0 Å². The number of rotatable bonds is 4. The molecular formula is C10H20ClNO. The average Bonchev–Trinajstić information content (AvgIpc) is 2.15. The maximum atomic E-state index is 5.80. The van der Waals surface area contributed by atoms with Crippen LogP contribution in [-0.2, 0) is 4.74 Å². The first-order chi connectivity index (χ1) is 6.25. The summed E-state index contributed by atoms with van der Waals surface area (Å²) in [6, 6.07) is 0.640. The number of hydrogen-bond donors (Lipinski definition) is 0. The Morgan fingerprint density at radius 1 is 1.38 bits per heavy atom. The van der Waals surface area contributed by atoms with Crippen molar-refractivity contribution in [2.24, 2.45) is 5.92 Å². The molecule has 1 fully saturated rings. The number of halogens is 1. The maximum absolute atomic E-state index is 5.80. The molecule has 0 amide bonds. The molecule has 1 aliphatic rings. The predicted molar refractivity (Wildman–Crippen MR) is 56.4 cm³/mol. The molecular weight excluding hydrogens is 186 g/mol. The standard InChI is InChI=1S/C10H20ClNO/c1-12(2)10(3-6-11)9-4-7-13-8-5-9/h9-10H,3-8H2,1-2H3. The van der Waals surface area contributed by atoms with Crippen LogP contribution in [-0.4, -0.2) is 44.1 Å². The van der Waals surface area contributed by atoms with Crippen molar-refractivity contribution in [3.05, 3.63) is 0 Å². The Morgan fingerprint density at radius 2 is 2.00 bits per heavy atom. The van der Waals surface area contributed by atoms with Gasteiger partial charge in [0.05, 0.1) is 0 Å². The average molecular weight is 206 g/mol. The second-order valence-corrected chi connectivity index (χ2v) is 4.34. The molecule has 78 valence electrons. The van der Waals surface area contributed by atoms with Gasteiger partial charge in [-0.3, -0.25) is 0 Å². The summed E-state index contributed by atoms with van der Waals surface area (Å²) < 4.78 is 5.36. The molecule has 2 nitrogen and oxygen atoms in total. The van der Waals surface area contributed by atoms with Crippen molar-refractivity contribution < 1.29 is 4.74 Å². The highest BCUT2D eigenvalue weighted by molar-refractivity contribution is 6.17. The van der Waals surface area contributed by atoms with E-state index in [1.165, 1.54) is 12.8 Å². The smallest absolute Gasteiger partial charge is 0.0469 e. The molecule has 0 radical (unpaired) electrons. The van der Waals surface area contributed by atoms with Crippen molar-refractivity contribution in [3.8, 4) is 0 Å². The second-order valence-electron chi connectivity index (χ2n) is 3.96. The van der Waals surface area contributed by atoms with Crippen LogP contribution in [0.2, 0.25) is 0 Å². The molecule has 1 rings (SSSR count). The fraction of sp³-hybridized carbons (Fsp3) is 1.00. The van der Waals surface area contributed by atoms with Crippen LogP contribution >= 0.6 is 11.6 Å². The molecule has 0 aliphatic carbocycles. The molecule has 0 aromatic heterocycles. The summed E-state index contributed by atoms with van der Waals surface area (Å²) in [5, 5.41) is 0. The molecule has 1 unspecified atom stereocenters. The zero-order valence-electron chi connectivity index (χ0n) is 8.63. The first-order valence-electron chi connectivity index (χ1n) is 5.06. The summed E-state index contributed by atoms with van der Waals surface area (Å²) in [4.78, 5) is 2.30. The Labute approximate surface area is 86.2 Å². The SMILES string of the molecule is CN(C)C(CCCl)C1CCOCC1. The van der Waals surface area contributed by atoms with E-state index in [0.29, 0.717) is 6.04 Å². The van der Waals surface area contributed by atoms with Crippen molar-refractivity contribution in [2.75, 3.05) is 33.2 Å². The lowest BCUT2D eigenvalue weighted by Gasteiger charge is -2.34. The lowest BCUT2D eigenvalue weighted by molar-refractivity contribution is 0.0361. The number of ether oxygens (including phenoxy) is 1. The minimum Gasteiger partial charge on any atom is -0.381 e. The monoisotopic (exact) mass is 205 g/mol. The Hall–Kier alpha value is 0.210. The summed E-state index contributed by atoms with van der Waals surface area (Å²) in [5.74, 6) is 1.54. The Balaban J connectivity index is 2.41. The third-order valence-corrected chi connectivity index (χ3v) is 3.10. The third kappa shape index (κ3) is 3.45. The second kappa shape index (κ2) is 5.84. The molecule has 0 aromatic carbocycles. The van der Waals surface area contributed by atoms with Gasteiger partial charge in [0.2, 0.25) is 0 Å². The van der Waals surface area contributed by atoms with E-state index >= 15 is 0 Å². The fourth-order valence-corrected chi connectivity index (χ4v) is 2.35. The van der Waals surface area contributed by atoms with E-state index in [4.69, 9.17) is 16.3 Å². The highest BCUT2D eigenvalue weighted by Crippen LogP contribution is 2.23. The number of alkyl halides is 1. The largest absolute Gasteiger partial charge is 0.381 e. The van der Waals surface area contributed by atoms with Crippen molar-refractivity contribution in [3.63, 3.8) is 0 Å². The summed E-state index contributed by atoms with van der Waals surface area (Å²) >= 11 is 5.80. The van der Waals surface area contributed by atoms with Gasteiger partial charge in [0, 0.05) is 25.1 Å². The van der Waals surface area contributed by atoms with Gasteiger partial charge in [0.15, 0.2) is 0 Å². The number of nitrogens with zero attached hydrogens (tertiary/aromatic N) is 1. The zero-order chi connectivity index (χ0) is 9.68. The van der Waals surface area contributed by atoms with Crippen LogP contribution in [0, 0.1) is 5.92 Å². The van der Waals surface area contributed by atoms with Crippen LogP contribution < -0.4 is 0 Å². The van der Waals surface area contributed by atoms with Crippen LogP contribution in [0.3, 0.4) is 0 Å². The van der Waals surface area contributed by atoms with E-state index in [1.54, 1.807) is 0 Å². The normalized spacial score (nSPS) is 22.2. The van der Waals surface area contributed by atoms with Crippen LogP contribution in [0.25, 0.3) is 0 Å². The minimum atomic E-state index is 0.640. The third-order valence-electron chi connectivity index (χ3n) is 2.88. The lowest BCUT2D eigenvalue weighted by atomic mass is 9.89. The molecule has 0 bridgehead atoms. The van der Waals surface area contributed by atoms with E-state index in [0.717, 1.165) is 31.4 Å². The summed E-state index contributed by atoms with van der Waals surface area (Å²) in [5.41, 5.74) is 0. The Kier molecular flexibility index (Phi) is 5.07. The summed E-state index contributed by atoms with van der Waals surface area (Å²) in [6.45, 7) is 1.86. The van der Waals surface area contributed by atoms with Crippen LogP contribution in [0.4, 0.5) is 0 Å². The highest BCUT2D eigenvalue weighted by atomic mass is 35.5. The topological polar surface area (TPSA) is 12.5 Å². The molecule has 1 heterocycles. The first kappa shape index (κ1) is 11.3. The van der Waals surface area contributed by atoms with Crippen molar-refractivity contribution in [1.29, 1.82) is 0 Å². The van der Waals surface area contributed by atoms with E-state index < -0.39 is 0 Å². The van der Waals surface area contributed by atoms with E-state index in [-0.39, 0.29) is 0 Å². The van der Waals surface area contributed by atoms with Crippen LogP contribution in [0.1, 0.15) is 19.3 Å². The van der Waals surface area contributed by atoms with Gasteiger partial charge in [0.25, 0.3) is 0 Å². The minimum absolute atomic E-state index is 0.640. The van der Waals surface area contributed by atoms with Gasteiger partial charge in [-0.25, -0.2) is 0 Å². The Bertz CT molecular complexity index is 135. The van der Waals surface area contributed by atoms with Crippen molar-refractivity contribution in [1.82, 2.24) is 4.90 Å².